The van der Waals surface area contributed by atoms with E-state index in [-0.39, 0.29) is 31.3 Å². The normalized spacial score (nSPS) is 11.4. The summed E-state index contributed by atoms with van der Waals surface area (Å²) in [5.74, 6) is -0.636. The smallest absolute Gasteiger partial charge is 0.232 e. The van der Waals surface area contributed by atoms with Gasteiger partial charge in [-0.05, 0) is 29.2 Å². The fourth-order valence-corrected chi connectivity index (χ4v) is 3.79. The Balaban J connectivity index is 2.06. The number of halogens is 1. The van der Waals surface area contributed by atoms with Gasteiger partial charge < -0.3 is 5.32 Å². The highest BCUT2D eigenvalue weighted by Gasteiger charge is 2.21. The molecule has 0 bridgehead atoms. The second-order valence-electron chi connectivity index (χ2n) is 6.67. The number of amides is 1. The number of carbonyl (C=O) groups is 1. The van der Waals surface area contributed by atoms with Crippen LogP contribution in [0, 0.1) is 5.82 Å². The van der Waals surface area contributed by atoms with Crippen LogP contribution in [0.5, 0.6) is 0 Å². The van der Waals surface area contributed by atoms with Gasteiger partial charge in [-0.3, -0.25) is 9.10 Å². The Labute approximate surface area is 160 Å². The fourth-order valence-electron chi connectivity index (χ4n) is 2.84. The minimum atomic E-state index is -3.52. The van der Waals surface area contributed by atoms with Gasteiger partial charge in [-0.15, -0.1) is 0 Å². The van der Waals surface area contributed by atoms with Crippen molar-refractivity contribution in [3.05, 3.63) is 65.5 Å². The van der Waals surface area contributed by atoms with E-state index >= 15 is 0 Å². The molecule has 0 heterocycles. The second-order valence-corrected chi connectivity index (χ2v) is 8.57. The van der Waals surface area contributed by atoms with Gasteiger partial charge in [0.1, 0.15) is 5.82 Å². The highest BCUT2D eigenvalue weighted by molar-refractivity contribution is 7.92. The maximum absolute atomic E-state index is 13.6. The molecule has 0 saturated carbocycles. The highest BCUT2D eigenvalue weighted by atomic mass is 32.2. The molecule has 0 radical (unpaired) electrons. The molecule has 7 heteroatoms. The summed E-state index contributed by atoms with van der Waals surface area (Å²) in [4.78, 5) is 12.1. The van der Waals surface area contributed by atoms with Gasteiger partial charge in [0.15, 0.2) is 0 Å². The highest BCUT2D eigenvalue weighted by Crippen LogP contribution is 2.28. The van der Waals surface area contributed by atoms with E-state index in [9.17, 15) is 17.6 Å². The Morgan fingerprint density at radius 2 is 1.74 bits per heavy atom. The summed E-state index contributed by atoms with van der Waals surface area (Å²) >= 11 is 0. The van der Waals surface area contributed by atoms with Gasteiger partial charge in [0.2, 0.25) is 15.9 Å². The predicted molar refractivity (Wildman–Crippen MR) is 106 cm³/mol. The van der Waals surface area contributed by atoms with Gasteiger partial charge in [-0.25, -0.2) is 12.8 Å². The number of benzene rings is 2. The quantitative estimate of drug-likeness (QED) is 0.751. The number of rotatable bonds is 8. The van der Waals surface area contributed by atoms with Crippen LogP contribution < -0.4 is 9.62 Å². The van der Waals surface area contributed by atoms with Crippen LogP contribution in [-0.2, 0) is 21.2 Å². The molecule has 146 valence electrons. The molecule has 0 unspecified atom stereocenters. The lowest BCUT2D eigenvalue weighted by Crippen LogP contribution is -2.39. The van der Waals surface area contributed by atoms with Gasteiger partial charge in [0.25, 0.3) is 0 Å². The monoisotopic (exact) mass is 392 g/mol. The molecule has 0 saturated heterocycles. The van der Waals surface area contributed by atoms with Crippen molar-refractivity contribution in [1.82, 2.24) is 5.32 Å². The van der Waals surface area contributed by atoms with E-state index in [1.807, 2.05) is 26.0 Å². The van der Waals surface area contributed by atoms with Crippen LogP contribution in [0.4, 0.5) is 10.1 Å². The lowest BCUT2D eigenvalue weighted by Gasteiger charge is -2.26. The maximum Gasteiger partial charge on any atom is 0.232 e. The van der Waals surface area contributed by atoms with Gasteiger partial charge in [-0.1, -0.05) is 50.2 Å². The topological polar surface area (TPSA) is 66.5 Å². The van der Waals surface area contributed by atoms with Crippen LogP contribution in [0.2, 0.25) is 0 Å². The number of nitrogens with zero attached hydrogens (tertiary/aromatic N) is 1. The molecule has 1 N–H and O–H groups in total. The second kappa shape index (κ2) is 8.99. The zero-order chi connectivity index (χ0) is 20.0. The standard InChI is InChI=1S/C20H25FN2O3S/c1-15(2)17-9-5-7-11-19(17)23(27(3,25)26)13-12-22-20(24)14-16-8-4-6-10-18(16)21/h4-11,15H,12-14H2,1-3H3,(H,22,24). The van der Waals surface area contributed by atoms with E-state index < -0.39 is 15.8 Å². The van der Waals surface area contributed by atoms with Crippen LogP contribution in [0.15, 0.2) is 48.5 Å². The van der Waals surface area contributed by atoms with Crippen molar-refractivity contribution < 1.29 is 17.6 Å². The zero-order valence-corrected chi connectivity index (χ0v) is 16.6. The van der Waals surface area contributed by atoms with E-state index in [1.54, 1.807) is 30.3 Å². The number of hydrogen-bond acceptors (Lipinski definition) is 3. The molecular formula is C20H25FN2O3S. The average Bonchev–Trinajstić information content (AvgIpc) is 2.59. The average molecular weight is 392 g/mol. The van der Waals surface area contributed by atoms with Crippen molar-refractivity contribution in [2.45, 2.75) is 26.2 Å². The molecule has 0 atom stereocenters. The third kappa shape index (κ3) is 5.79. The Kier molecular flexibility index (Phi) is 6.96. The molecule has 2 aromatic carbocycles. The number of nitrogens with one attached hydrogen (secondary N) is 1. The summed E-state index contributed by atoms with van der Waals surface area (Å²) in [7, 11) is -3.52. The van der Waals surface area contributed by atoms with Gasteiger partial charge >= 0.3 is 0 Å². The summed E-state index contributed by atoms with van der Waals surface area (Å²) in [5, 5.41) is 2.67. The summed E-state index contributed by atoms with van der Waals surface area (Å²) < 4.78 is 39.5. The van der Waals surface area contributed by atoms with E-state index in [2.05, 4.69) is 5.32 Å². The molecule has 0 fully saturated rings. The first-order chi connectivity index (χ1) is 12.7. The van der Waals surface area contributed by atoms with E-state index in [4.69, 9.17) is 0 Å². The number of carbonyl (C=O) groups excluding carboxylic acids is 1. The zero-order valence-electron chi connectivity index (χ0n) is 15.8. The van der Waals surface area contributed by atoms with Crippen molar-refractivity contribution in [3.8, 4) is 0 Å². The van der Waals surface area contributed by atoms with Crippen LogP contribution in [0.25, 0.3) is 0 Å². The number of hydrogen-bond donors (Lipinski definition) is 1. The van der Waals surface area contributed by atoms with Crippen molar-refractivity contribution in [1.29, 1.82) is 0 Å². The van der Waals surface area contributed by atoms with Crippen molar-refractivity contribution in [2.24, 2.45) is 0 Å². The molecular weight excluding hydrogens is 367 g/mol. The molecule has 0 aliphatic carbocycles. The minimum Gasteiger partial charge on any atom is -0.354 e. The summed E-state index contributed by atoms with van der Waals surface area (Å²) in [6.45, 7) is 4.23. The first-order valence-electron chi connectivity index (χ1n) is 8.77. The van der Waals surface area contributed by atoms with Gasteiger partial charge in [0, 0.05) is 6.54 Å². The Hall–Kier alpha value is -2.41. The molecule has 0 spiro atoms. The van der Waals surface area contributed by atoms with Crippen molar-refractivity contribution in [2.75, 3.05) is 23.7 Å². The Morgan fingerprint density at radius 3 is 2.37 bits per heavy atom. The summed E-state index contributed by atoms with van der Waals surface area (Å²) in [5.41, 5.74) is 1.83. The van der Waals surface area contributed by atoms with Crippen LogP contribution in [0.1, 0.15) is 30.9 Å². The van der Waals surface area contributed by atoms with Gasteiger partial charge in [-0.2, -0.15) is 0 Å². The lowest BCUT2D eigenvalue weighted by molar-refractivity contribution is -0.120. The molecule has 2 rings (SSSR count). The summed E-state index contributed by atoms with van der Waals surface area (Å²) in [6.07, 6.45) is 1.05. The fraction of sp³-hybridized carbons (Fsp3) is 0.350. The molecule has 0 aromatic heterocycles. The predicted octanol–water partition coefficient (Wildman–Crippen LogP) is 3.07. The van der Waals surface area contributed by atoms with Crippen molar-refractivity contribution >= 4 is 21.6 Å². The molecule has 1 amide bonds. The molecule has 2 aromatic rings. The third-order valence-corrected chi connectivity index (χ3v) is 5.35. The molecule has 0 aliphatic heterocycles. The minimum absolute atomic E-state index is 0.0892. The number of sulfonamides is 1. The first kappa shape index (κ1) is 20.9. The van der Waals surface area contributed by atoms with E-state index in [0.29, 0.717) is 11.3 Å². The van der Waals surface area contributed by atoms with Gasteiger partial charge in [0.05, 0.1) is 24.9 Å². The lowest BCUT2D eigenvalue weighted by atomic mass is 10.0. The number of anilines is 1. The van der Waals surface area contributed by atoms with Crippen LogP contribution in [-0.4, -0.2) is 33.7 Å². The maximum atomic E-state index is 13.6. The molecule has 27 heavy (non-hydrogen) atoms. The van der Waals surface area contributed by atoms with Crippen LogP contribution in [0.3, 0.4) is 0 Å². The van der Waals surface area contributed by atoms with Crippen LogP contribution >= 0.6 is 0 Å². The van der Waals surface area contributed by atoms with Crippen molar-refractivity contribution in [3.63, 3.8) is 0 Å². The van der Waals surface area contributed by atoms with E-state index in [0.717, 1.165) is 11.8 Å². The SMILES string of the molecule is CC(C)c1ccccc1N(CCNC(=O)Cc1ccccc1F)S(C)(=O)=O. The third-order valence-electron chi connectivity index (χ3n) is 4.17. The number of para-hydroxylation sites is 1. The largest absolute Gasteiger partial charge is 0.354 e. The van der Waals surface area contributed by atoms with E-state index in [1.165, 1.54) is 10.4 Å². The summed E-state index contributed by atoms with van der Waals surface area (Å²) in [6, 6.07) is 13.4. The molecule has 0 aliphatic rings. The first-order valence-corrected chi connectivity index (χ1v) is 10.6. The Morgan fingerprint density at radius 1 is 1.11 bits per heavy atom. The molecule has 5 nitrogen and oxygen atoms in total. The Bertz CT molecular complexity index is 898.